The van der Waals surface area contributed by atoms with Crippen LogP contribution in [0.15, 0.2) is 109 Å². The average molecular weight is 801 g/mol. The number of para-hydroxylation sites is 1. The molecular formula is C40H25ClN6O7S2. The number of nitrogens with zero attached hydrogens (tertiary/aromatic N) is 4. The number of ether oxygens (including phenoxy) is 2. The molecule has 13 nitrogen and oxygen atoms in total. The summed E-state index contributed by atoms with van der Waals surface area (Å²) in [5.41, 5.74) is 2.49. The molecule has 16 heteroatoms. The van der Waals surface area contributed by atoms with Crippen LogP contribution in [0.5, 0.6) is 28.7 Å². The van der Waals surface area contributed by atoms with E-state index in [0.29, 0.717) is 54.5 Å². The number of thiazole rings is 2. The fourth-order valence-corrected chi connectivity index (χ4v) is 7.64. The topological polar surface area (TPSA) is 186 Å². The summed E-state index contributed by atoms with van der Waals surface area (Å²) in [5.74, 6) is -1.21. The van der Waals surface area contributed by atoms with Crippen molar-refractivity contribution in [3.8, 4) is 39.9 Å². The van der Waals surface area contributed by atoms with Gasteiger partial charge in [0.1, 0.15) is 17.2 Å². The maximum atomic E-state index is 13.6. The highest BCUT2D eigenvalue weighted by molar-refractivity contribution is 7.22. The van der Waals surface area contributed by atoms with Crippen LogP contribution in [-0.4, -0.2) is 54.9 Å². The number of halogens is 1. The Morgan fingerprint density at radius 2 is 1.41 bits per heavy atom. The number of ketones is 1. The van der Waals surface area contributed by atoms with Crippen LogP contribution in [0.1, 0.15) is 36.9 Å². The number of hydrogen-bond acceptors (Lipinski definition) is 13. The van der Waals surface area contributed by atoms with Crippen molar-refractivity contribution in [1.29, 1.82) is 0 Å². The number of rotatable bonds is 10. The second kappa shape index (κ2) is 15.1. The lowest BCUT2D eigenvalue weighted by Crippen LogP contribution is -2.13. The summed E-state index contributed by atoms with van der Waals surface area (Å²) in [6, 6.07) is 27.2. The lowest BCUT2D eigenvalue weighted by Gasteiger charge is -2.08. The molecule has 56 heavy (non-hydrogen) atoms. The molecule has 0 atom stereocenters. The fourth-order valence-electron chi connectivity index (χ4n) is 5.67. The molecule has 0 spiro atoms. The van der Waals surface area contributed by atoms with E-state index in [1.54, 1.807) is 54.6 Å². The van der Waals surface area contributed by atoms with Gasteiger partial charge >= 0.3 is 0 Å². The van der Waals surface area contributed by atoms with Gasteiger partial charge in [0.05, 0.1) is 32.6 Å². The van der Waals surface area contributed by atoms with Crippen molar-refractivity contribution < 1.29 is 34.1 Å². The van der Waals surface area contributed by atoms with Crippen molar-refractivity contribution in [2.45, 2.75) is 0 Å². The molecule has 0 aliphatic heterocycles. The number of nitrogens with one attached hydrogen (secondary N) is 2. The standard InChI is InChI=1S/C40H25ClN6O7S2/c1-53-29-12-13-42-34(36(29)50)38(52)47-39-44-26-11-10-22(16-31(26)55-39)35(49)21-7-5-6-20(14-21)23-15-28(48)33(43-19-23)37(51)46-40-45-27-17-25(41)30(18-32(27)56-40)54-24-8-3-2-4-9-24/h2-19,48,50H,1H3,(H,44,47,52)(H,45,46,51). The van der Waals surface area contributed by atoms with Crippen LogP contribution in [0.4, 0.5) is 10.3 Å². The predicted octanol–water partition coefficient (Wildman–Crippen LogP) is 8.96. The Morgan fingerprint density at radius 3 is 2.16 bits per heavy atom. The number of fused-ring (bicyclic) bond motifs is 2. The van der Waals surface area contributed by atoms with Gasteiger partial charge in [-0.3, -0.25) is 25.0 Å². The molecule has 0 fully saturated rings. The summed E-state index contributed by atoms with van der Waals surface area (Å²) >= 11 is 8.80. The fraction of sp³-hybridized carbons (Fsp3) is 0.0250. The Labute approximate surface area is 329 Å². The van der Waals surface area contributed by atoms with E-state index in [1.807, 2.05) is 30.3 Å². The van der Waals surface area contributed by atoms with Crippen LogP contribution in [0.2, 0.25) is 5.02 Å². The summed E-state index contributed by atoms with van der Waals surface area (Å²) in [4.78, 5) is 56.7. The summed E-state index contributed by atoms with van der Waals surface area (Å²) in [6.45, 7) is 0. The van der Waals surface area contributed by atoms with E-state index in [1.165, 1.54) is 43.0 Å². The van der Waals surface area contributed by atoms with Gasteiger partial charge in [0, 0.05) is 41.2 Å². The highest BCUT2D eigenvalue weighted by Gasteiger charge is 2.21. The molecule has 0 bridgehead atoms. The van der Waals surface area contributed by atoms with Crippen LogP contribution < -0.4 is 20.1 Å². The molecule has 0 radical (unpaired) electrons. The van der Waals surface area contributed by atoms with Gasteiger partial charge in [-0.05, 0) is 54.1 Å². The van der Waals surface area contributed by atoms with Crippen molar-refractivity contribution in [2.24, 2.45) is 0 Å². The first kappa shape index (κ1) is 36.1. The first-order valence-electron chi connectivity index (χ1n) is 16.6. The summed E-state index contributed by atoms with van der Waals surface area (Å²) in [6.07, 6.45) is 2.78. The van der Waals surface area contributed by atoms with E-state index in [9.17, 15) is 24.6 Å². The van der Waals surface area contributed by atoms with Crippen LogP contribution in [0, 0.1) is 0 Å². The normalized spacial score (nSPS) is 11.0. The van der Waals surface area contributed by atoms with Crippen molar-refractivity contribution in [3.05, 3.63) is 137 Å². The number of carbonyl (C=O) groups is 3. The summed E-state index contributed by atoms with van der Waals surface area (Å²) < 4.78 is 12.3. The van der Waals surface area contributed by atoms with Gasteiger partial charge in [-0.1, -0.05) is 70.7 Å². The second-order valence-electron chi connectivity index (χ2n) is 12.0. The first-order chi connectivity index (χ1) is 27.1. The molecule has 4 N–H and O–H groups in total. The number of pyridine rings is 2. The first-order valence-corrected chi connectivity index (χ1v) is 18.6. The van der Waals surface area contributed by atoms with Crippen molar-refractivity contribution >= 4 is 82.6 Å². The average Bonchev–Trinajstić information content (AvgIpc) is 3.79. The van der Waals surface area contributed by atoms with Gasteiger partial charge in [0.25, 0.3) is 11.8 Å². The monoisotopic (exact) mass is 800 g/mol. The van der Waals surface area contributed by atoms with Gasteiger partial charge < -0.3 is 19.7 Å². The third kappa shape index (κ3) is 7.29. The third-order valence-corrected chi connectivity index (χ3v) is 10.5. The molecule has 4 aromatic carbocycles. The molecule has 2 amide bonds. The van der Waals surface area contributed by atoms with E-state index in [0.717, 1.165) is 16.0 Å². The zero-order valence-electron chi connectivity index (χ0n) is 28.8. The molecule has 0 unspecified atom stereocenters. The van der Waals surface area contributed by atoms with Crippen LogP contribution in [0.25, 0.3) is 31.6 Å². The SMILES string of the molecule is COc1ccnc(C(=O)Nc2nc3ccc(C(=O)c4cccc(-c5cnc(C(=O)Nc6nc7cc(Cl)c(Oc8ccccc8)cc7s6)c(O)c5)c4)cc3s2)c1O. The van der Waals surface area contributed by atoms with Crippen molar-refractivity contribution in [2.75, 3.05) is 17.7 Å². The number of methoxy groups -OCH3 is 1. The van der Waals surface area contributed by atoms with Gasteiger partial charge in [0.2, 0.25) is 0 Å². The number of anilines is 2. The zero-order valence-corrected chi connectivity index (χ0v) is 31.2. The minimum Gasteiger partial charge on any atom is -0.505 e. The van der Waals surface area contributed by atoms with E-state index in [2.05, 4.69) is 30.6 Å². The third-order valence-electron chi connectivity index (χ3n) is 8.37. The molecule has 8 rings (SSSR count). The molecule has 4 heterocycles. The van der Waals surface area contributed by atoms with Crippen LogP contribution in [-0.2, 0) is 0 Å². The maximum Gasteiger partial charge on any atom is 0.280 e. The van der Waals surface area contributed by atoms with Crippen molar-refractivity contribution in [1.82, 2.24) is 19.9 Å². The van der Waals surface area contributed by atoms with E-state index in [4.69, 9.17) is 21.1 Å². The van der Waals surface area contributed by atoms with E-state index in [-0.39, 0.29) is 38.9 Å². The molecular weight excluding hydrogens is 776 g/mol. The number of benzene rings is 4. The number of amides is 2. The number of carbonyl (C=O) groups excluding carboxylic acids is 3. The van der Waals surface area contributed by atoms with Gasteiger partial charge in [-0.25, -0.2) is 19.9 Å². The van der Waals surface area contributed by atoms with E-state index < -0.39 is 17.6 Å². The molecule has 0 aliphatic carbocycles. The Balaban J connectivity index is 0.960. The lowest BCUT2D eigenvalue weighted by molar-refractivity contribution is 0.101. The summed E-state index contributed by atoms with van der Waals surface area (Å²) in [7, 11) is 1.37. The molecule has 276 valence electrons. The number of aromatic hydroxyl groups is 2. The lowest BCUT2D eigenvalue weighted by atomic mass is 9.98. The molecule has 0 saturated carbocycles. The smallest absolute Gasteiger partial charge is 0.280 e. The number of hydrogen-bond donors (Lipinski definition) is 4. The Bertz CT molecular complexity index is 2850. The molecule has 0 saturated heterocycles. The molecule has 0 aliphatic rings. The quantitative estimate of drug-likeness (QED) is 0.0968. The van der Waals surface area contributed by atoms with Crippen LogP contribution >= 0.6 is 34.3 Å². The molecule has 4 aromatic heterocycles. The second-order valence-corrected chi connectivity index (χ2v) is 14.5. The van der Waals surface area contributed by atoms with Gasteiger partial charge in [-0.15, -0.1) is 0 Å². The largest absolute Gasteiger partial charge is 0.505 e. The van der Waals surface area contributed by atoms with Crippen molar-refractivity contribution in [3.63, 3.8) is 0 Å². The number of aromatic nitrogens is 4. The highest BCUT2D eigenvalue weighted by Crippen LogP contribution is 2.38. The van der Waals surface area contributed by atoms with E-state index >= 15 is 0 Å². The Morgan fingerprint density at radius 1 is 0.696 bits per heavy atom. The predicted molar refractivity (Wildman–Crippen MR) is 214 cm³/mol. The Hall–Kier alpha value is -6.94. The molecule has 8 aromatic rings. The Kier molecular flexibility index (Phi) is 9.70. The minimum atomic E-state index is -0.675. The minimum absolute atomic E-state index is 0.104. The zero-order chi connectivity index (χ0) is 38.9. The van der Waals surface area contributed by atoms with Gasteiger partial charge in [0.15, 0.2) is 38.9 Å². The summed E-state index contributed by atoms with van der Waals surface area (Å²) in [5, 5.41) is 27.4. The maximum absolute atomic E-state index is 13.6. The van der Waals surface area contributed by atoms with Gasteiger partial charge in [-0.2, -0.15) is 0 Å². The highest BCUT2D eigenvalue weighted by atomic mass is 35.5. The van der Waals surface area contributed by atoms with Crippen LogP contribution in [0.3, 0.4) is 0 Å².